The quantitative estimate of drug-likeness (QED) is 0.136. The van der Waals surface area contributed by atoms with Crippen molar-refractivity contribution in [1.29, 1.82) is 0 Å². The minimum atomic E-state index is 1.06. The second-order valence-corrected chi connectivity index (χ2v) is 16.2. The second kappa shape index (κ2) is 17.1. The van der Waals surface area contributed by atoms with E-state index in [0.717, 1.165) is 34.1 Å². The molecular weight excluding hydrogens is 773 g/mol. The Morgan fingerprint density at radius 2 is 0.516 bits per heavy atom. The Balaban J connectivity index is 1.06. The Morgan fingerprint density at radius 1 is 0.188 bits per heavy atom. The number of anilines is 6. The molecule has 0 spiro atoms. The van der Waals surface area contributed by atoms with Gasteiger partial charge in [0.25, 0.3) is 0 Å². The normalized spacial score (nSPS) is 11.1. The molecule has 11 aromatic carbocycles. The zero-order valence-electron chi connectivity index (χ0n) is 35.3. The molecule has 0 aliphatic heterocycles. The third-order valence-electron chi connectivity index (χ3n) is 12.2. The van der Waals surface area contributed by atoms with Crippen LogP contribution in [0.1, 0.15) is 0 Å². The highest BCUT2D eigenvalue weighted by molar-refractivity contribution is 6.06. The molecule has 0 N–H and O–H groups in total. The van der Waals surface area contributed by atoms with Crippen molar-refractivity contribution in [1.82, 2.24) is 0 Å². The molecule has 0 amide bonds. The molecule has 0 radical (unpaired) electrons. The van der Waals surface area contributed by atoms with Crippen LogP contribution in [0.3, 0.4) is 0 Å². The number of hydrogen-bond acceptors (Lipinski definition) is 2. The molecule has 0 fully saturated rings. The van der Waals surface area contributed by atoms with Gasteiger partial charge in [0.1, 0.15) is 0 Å². The van der Waals surface area contributed by atoms with Crippen molar-refractivity contribution in [2.45, 2.75) is 0 Å². The lowest BCUT2D eigenvalue weighted by molar-refractivity contribution is 1.26. The summed E-state index contributed by atoms with van der Waals surface area (Å²) >= 11 is 0. The third-order valence-corrected chi connectivity index (χ3v) is 12.2. The predicted octanol–water partition coefficient (Wildman–Crippen LogP) is 17.6. The average molecular weight is 817 g/mol. The van der Waals surface area contributed by atoms with Crippen molar-refractivity contribution >= 4 is 55.7 Å². The predicted molar refractivity (Wildman–Crippen MR) is 273 cm³/mol. The maximum atomic E-state index is 2.39. The van der Waals surface area contributed by atoms with Gasteiger partial charge in [-0.25, -0.2) is 0 Å². The van der Waals surface area contributed by atoms with Crippen LogP contribution in [-0.2, 0) is 0 Å². The molecule has 2 nitrogen and oxygen atoms in total. The maximum absolute atomic E-state index is 2.39. The van der Waals surface area contributed by atoms with Gasteiger partial charge in [0.15, 0.2) is 0 Å². The van der Waals surface area contributed by atoms with Crippen LogP contribution < -0.4 is 9.80 Å². The number of rotatable bonds is 10. The van der Waals surface area contributed by atoms with Crippen LogP contribution >= 0.6 is 0 Å². The first-order chi connectivity index (χ1) is 31.7. The van der Waals surface area contributed by atoms with Gasteiger partial charge in [-0.15, -0.1) is 0 Å². The largest absolute Gasteiger partial charge is 0.310 e. The topological polar surface area (TPSA) is 6.48 Å². The first kappa shape index (κ1) is 38.5. The average Bonchev–Trinajstić information content (AvgIpc) is 3.38. The molecule has 0 aliphatic rings. The van der Waals surface area contributed by atoms with E-state index in [1.54, 1.807) is 0 Å². The molecule has 0 saturated heterocycles. The maximum Gasteiger partial charge on any atom is 0.0468 e. The Labute approximate surface area is 375 Å². The van der Waals surface area contributed by atoms with Gasteiger partial charge in [0.05, 0.1) is 0 Å². The summed E-state index contributed by atoms with van der Waals surface area (Å²) in [6, 6.07) is 96.4. The van der Waals surface area contributed by atoms with Gasteiger partial charge < -0.3 is 9.80 Å². The Morgan fingerprint density at radius 3 is 0.984 bits per heavy atom. The molecule has 0 atom stereocenters. The molecule has 0 heterocycles. The molecule has 11 aromatic rings. The molecule has 64 heavy (non-hydrogen) atoms. The van der Waals surface area contributed by atoms with E-state index in [0.29, 0.717) is 0 Å². The molecule has 0 aromatic heterocycles. The van der Waals surface area contributed by atoms with Gasteiger partial charge in [-0.05, 0) is 139 Å². The summed E-state index contributed by atoms with van der Waals surface area (Å²) in [6.07, 6.45) is 0. The van der Waals surface area contributed by atoms with Crippen molar-refractivity contribution in [2.24, 2.45) is 0 Å². The summed E-state index contributed by atoms with van der Waals surface area (Å²) < 4.78 is 0. The van der Waals surface area contributed by atoms with E-state index >= 15 is 0 Å². The number of hydrogen-bond donors (Lipinski definition) is 0. The van der Waals surface area contributed by atoms with Gasteiger partial charge in [0, 0.05) is 34.1 Å². The van der Waals surface area contributed by atoms with E-state index in [1.165, 1.54) is 66.1 Å². The van der Waals surface area contributed by atoms with E-state index in [9.17, 15) is 0 Å². The molecule has 0 saturated carbocycles. The summed E-state index contributed by atoms with van der Waals surface area (Å²) in [6.45, 7) is 0. The van der Waals surface area contributed by atoms with Gasteiger partial charge >= 0.3 is 0 Å². The Bertz CT molecular complexity index is 3290. The molecule has 0 unspecified atom stereocenters. The van der Waals surface area contributed by atoms with Crippen LogP contribution in [0, 0.1) is 0 Å². The van der Waals surface area contributed by atoms with Crippen LogP contribution in [0.5, 0.6) is 0 Å². The zero-order valence-corrected chi connectivity index (χ0v) is 35.3. The minimum Gasteiger partial charge on any atom is -0.310 e. The van der Waals surface area contributed by atoms with Crippen LogP contribution in [0.15, 0.2) is 267 Å². The molecule has 302 valence electrons. The molecule has 0 aliphatic carbocycles. The summed E-state index contributed by atoms with van der Waals surface area (Å²) in [5, 5.41) is 4.90. The van der Waals surface area contributed by atoms with E-state index < -0.39 is 0 Å². The summed E-state index contributed by atoms with van der Waals surface area (Å²) in [4.78, 5) is 4.77. The van der Waals surface area contributed by atoms with Crippen molar-refractivity contribution in [3.63, 3.8) is 0 Å². The van der Waals surface area contributed by atoms with Gasteiger partial charge in [-0.2, -0.15) is 0 Å². The molecule has 2 heteroatoms. The van der Waals surface area contributed by atoms with Crippen molar-refractivity contribution in [2.75, 3.05) is 9.80 Å². The Hall–Kier alpha value is -8.46. The second-order valence-electron chi connectivity index (χ2n) is 16.2. The number of nitrogens with zero attached hydrogens (tertiary/aromatic N) is 2. The highest BCUT2D eigenvalue weighted by Crippen LogP contribution is 2.43. The highest BCUT2D eigenvalue weighted by Gasteiger charge is 2.19. The Kier molecular flexibility index (Phi) is 10.3. The van der Waals surface area contributed by atoms with Crippen LogP contribution in [0.2, 0.25) is 0 Å². The van der Waals surface area contributed by atoms with E-state index in [2.05, 4.69) is 277 Å². The van der Waals surface area contributed by atoms with E-state index in [4.69, 9.17) is 0 Å². The van der Waals surface area contributed by atoms with Crippen molar-refractivity contribution in [3.8, 4) is 44.5 Å². The van der Waals surface area contributed by atoms with Crippen LogP contribution in [-0.4, -0.2) is 0 Å². The van der Waals surface area contributed by atoms with Gasteiger partial charge in [-0.1, -0.05) is 194 Å². The molecular formula is C62H44N2. The van der Waals surface area contributed by atoms with Crippen molar-refractivity contribution < 1.29 is 0 Å². The summed E-state index contributed by atoms with van der Waals surface area (Å²) in [5.74, 6) is 0. The lowest BCUT2D eigenvalue weighted by Crippen LogP contribution is -2.12. The van der Waals surface area contributed by atoms with Gasteiger partial charge in [-0.3, -0.25) is 0 Å². The lowest BCUT2D eigenvalue weighted by Gasteiger charge is -2.29. The fraction of sp³-hybridized carbons (Fsp3) is 0. The zero-order chi connectivity index (χ0) is 42.7. The first-order valence-corrected chi connectivity index (χ1v) is 21.9. The fourth-order valence-corrected chi connectivity index (χ4v) is 9.11. The number of benzene rings is 11. The third kappa shape index (κ3) is 7.59. The number of fused-ring (bicyclic) bond motifs is 2. The highest BCUT2D eigenvalue weighted by atomic mass is 15.2. The summed E-state index contributed by atoms with van der Waals surface area (Å²) in [5.41, 5.74) is 16.0. The first-order valence-electron chi connectivity index (χ1n) is 21.9. The fourth-order valence-electron chi connectivity index (χ4n) is 9.11. The molecule has 11 rings (SSSR count). The standard InChI is InChI=1S/C62H44N2/c1-4-17-45(18-5-1)50-26-12-29-55(41-50)63(56-30-13-27-51(42-56)46-19-6-2-7-20-46)53-37-39-54(40-38-53)64(57-31-14-28-52(43-57)47-21-8-3-9-22-47)58-36-35-49-25-16-34-61(62(49)44-58)60-33-15-24-48-23-10-11-32-59(48)60/h1-44H. The van der Waals surface area contributed by atoms with Gasteiger partial charge in [0.2, 0.25) is 0 Å². The van der Waals surface area contributed by atoms with Crippen LogP contribution in [0.25, 0.3) is 66.1 Å². The molecule has 0 bridgehead atoms. The smallest absolute Gasteiger partial charge is 0.0468 e. The SMILES string of the molecule is c1ccc(-c2cccc(N(c3ccc(N(c4cccc(-c5ccccc5)c4)c4ccc5cccc(-c6cccc7ccccc67)c5c4)cc3)c3cccc(-c4ccccc4)c3)c2)cc1. The van der Waals surface area contributed by atoms with E-state index in [-0.39, 0.29) is 0 Å². The van der Waals surface area contributed by atoms with E-state index in [1.807, 2.05) is 0 Å². The van der Waals surface area contributed by atoms with Crippen LogP contribution in [0.4, 0.5) is 34.1 Å². The lowest BCUT2D eigenvalue weighted by atomic mass is 9.93. The van der Waals surface area contributed by atoms with Crippen molar-refractivity contribution in [3.05, 3.63) is 267 Å². The minimum absolute atomic E-state index is 1.06. The summed E-state index contributed by atoms with van der Waals surface area (Å²) in [7, 11) is 0. The monoisotopic (exact) mass is 816 g/mol.